The summed E-state index contributed by atoms with van der Waals surface area (Å²) in [5.41, 5.74) is 1.57. The van der Waals surface area contributed by atoms with Crippen LogP contribution in [0.4, 0.5) is 4.39 Å². The van der Waals surface area contributed by atoms with E-state index in [4.69, 9.17) is 14.2 Å². The summed E-state index contributed by atoms with van der Waals surface area (Å²) < 4.78 is 31.3. The molecule has 2 aliphatic rings. The second-order valence-corrected chi connectivity index (χ2v) is 7.44. The molecule has 2 heterocycles. The zero-order valence-corrected chi connectivity index (χ0v) is 16.8. The molecule has 0 atom stereocenters. The number of benzene rings is 2. The fourth-order valence-electron chi connectivity index (χ4n) is 4.07. The minimum absolute atomic E-state index is 0.0887. The zero-order chi connectivity index (χ0) is 20.5. The first kappa shape index (κ1) is 19.5. The molecule has 2 aromatic carbocycles. The maximum absolute atomic E-state index is 14.1. The second-order valence-electron chi connectivity index (χ2n) is 7.44. The van der Waals surface area contributed by atoms with Gasteiger partial charge < -0.3 is 19.1 Å². The molecule has 0 spiro atoms. The molecule has 5 nitrogen and oxygen atoms in total. The lowest BCUT2D eigenvalue weighted by atomic mass is 9.86. The summed E-state index contributed by atoms with van der Waals surface area (Å²) in [6.45, 7) is 1.92. The van der Waals surface area contributed by atoms with Gasteiger partial charge in [-0.25, -0.2) is 4.39 Å². The van der Waals surface area contributed by atoms with Crippen molar-refractivity contribution in [3.05, 3.63) is 58.6 Å². The van der Waals surface area contributed by atoms with Crippen LogP contribution in [0.3, 0.4) is 0 Å². The average molecular weight is 397 g/mol. The number of halogens is 1. The number of hydrogen-bond donors (Lipinski definition) is 0. The number of fused-ring (bicyclic) bond motifs is 1. The van der Waals surface area contributed by atoms with Crippen LogP contribution in [0.2, 0.25) is 0 Å². The summed E-state index contributed by atoms with van der Waals surface area (Å²) in [5.74, 6) is 1.10. The Labute approximate surface area is 169 Å². The first-order valence-corrected chi connectivity index (χ1v) is 9.69. The van der Waals surface area contributed by atoms with Crippen LogP contribution in [0.1, 0.15) is 40.2 Å². The van der Waals surface area contributed by atoms with Crippen LogP contribution in [0.5, 0.6) is 17.2 Å². The van der Waals surface area contributed by atoms with Gasteiger partial charge in [-0.15, -0.1) is 0 Å². The van der Waals surface area contributed by atoms with Crippen molar-refractivity contribution in [2.24, 2.45) is 0 Å². The number of Topliss-reactive ketones (excluding diaryl/α,β-unsaturated/α-hetero) is 1. The Morgan fingerprint density at radius 2 is 1.83 bits per heavy atom. The number of methoxy groups -OCH3 is 2. The summed E-state index contributed by atoms with van der Waals surface area (Å²) in [6.07, 6.45) is 3.33. The smallest absolute Gasteiger partial charge is 0.235 e. The second kappa shape index (κ2) is 7.87. The number of piperidine rings is 1. The fourth-order valence-corrected chi connectivity index (χ4v) is 4.07. The van der Waals surface area contributed by atoms with E-state index in [2.05, 4.69) is 11.9 Å². The molecule has 0 aromatic heterocycles. The van der Waals surface area contributed by atoms with Crippen LogP contribution in [-0.4, -0.2) is 45.0 Å². The zero-order valence-electron chi connectivity index (χ0n) is 16.8. The lowest BCUT2D eigenvalue weighted by Crippen LogP contribution is -2.29. The average Bonchev–Trinajstić information content (AvgIpc) is 3.05. The predicted octanol–water partition coefficient (Wildman–Crippen LogP) is 4.27. The molecule has 29 heavy (non-hydrogen) atoms. The number of nitrogens with zero attached hydrogens (tertiary/aromatic N) is 1. The minimum atomic E-state index is -0.410. The van der Waals surface area contributed by atoms with Crippen molar-refractivity contribution in [2.75, 3.05) is 34.4 Å². The fraction of sp³-hybridized carbons (Fsp3) is 0.348. The third-order valence-electron chi connectivity index (χ3n) is 5.67. The van der Waals surface area contributed by atoms with E-state index in [1.54, 1.807) is 31.4 Å². The largest absolute Gasteiger partial charge is 0.496 e. The van der Waals surface area contributed by atoms with Crippen LogP contribution in [0.15, 0.2) is 36.1 Å². The Hall–Kier alpha value is -2.86. The number of ether oxygens (including phenoxy) is 3. The van der Waals surface area contributed by atoms with Gasteiger partial charge in [-0.3, -0.25) is 4.79 Å². The van der Waals surface area contributed by atoms with Crippen molar-refractivity contribution in [3.63, 3.8) is 0 Å². The maximum Gasteiger partial charge on any atom is 0.235 e. The third-order valence-corrected chi connectivity index (χ3v) is 5.67. The first-order chi connectivity index (χ1) is 14.0. The van der Waals surface area contributed by atoms with Gasteiger partial charge in [0.2, 0.25) is 5.78 Å². The van der Waals surface area contributed by atoms with E-state index < -0.39 is 5.82 Å². The Balaban J connectivity index is 1.82. The molecule has 0 amide bonds. The van der Waals surface area contributed by atoms with Gasteiger partial charge in [-0.2, -0.15) is 0 Å². The summed E-state index contributed by atoms with van der Waals surface area (Å²) >= 11 is 0. The molecule has 1 saturated heterocycles. The number of likely N-dealkylation sites (tertiary alicyclic amines) is 1. The highest BCUT2D eigenvalue weighted by atomic mass is 19.1. The molecular weight excluding hydrogens is 373 g/mol. The summed E-state index contributed by atoms with van der Waals surface area (Å²) in [6, 6.07) is 8.04. The highest BCUT2D eigenvalue weighted by molar-refractivity contribution is 6.16. The molecule has 6 heteroatoms. The molecule has 4 rings (SSSR count). The maximum atomic E-state index is 14.1. The van der Waals surface area contributed by atoms with Crippen molar-refractivity contribution in [3.8, 4) is 17.2 Å². The van der Waals surface area contributed by atoms with E-state index in [0.29, 0.717) is 28.4 Å². The quantitative estimate of drug-likeness (QED) is 0.721. The van der Waals surface area contributed by atoms with Gasteiger partial charge in [0.05, 0.1) is 14.2 Å². The highest BCUT2D eigenvalue weighted by Gasteiger charge is 2.38. The first-order valence-electron chi connectivity index (χ1n) is 9.69. The van der Waals surface area contributed by atoms with Gasteiger partial charge in [0.15, 0.2) is 5.76 Å². The normalized spacial score (nSPS) is 18.6. The third kappa shape index (κ3) is 3.49. The van der Waals surface area contributed by atoms with E-state index >= 15 is 0 Å². The van der Waals surface area contributed by atoms with Gasteiger partial charge in [-0.05, 0) is 51.0 Å². The molecule has 0 aliphatic carbocycles. The molecule has 152 valence electrons. The van der Waals surface area contributed by atoms with Crippen LogP contribution >= 0.6 is 0 Å². The number of carbonyl (C=O) groups is 1. The molecular formula is C23H24FNO4. The molecule has 0 unspecified atom stereocenters. The van der Waals surface area contributed by atoms with Crippen molar-refractivity contribution in [1.82, 2.24) is 4.90 Å². The van der Waals surface area contributed by atoms with E-state index in [1.807, 2.05) is 0 Å². The van der Waals surface area contributed by atoms with Gasteiger partial charge in [0, 0.05) is 17.2 Å². The number of allylic oxidation sites excluding steroid dienone is 1. The molecule has 2 aromatic rings. The van der Waals surface area contributed by atoms with Gasteiger partial charge in [0.25, 0.3) is 0 Å². The SMILES string of the molecule is COc1cc(OC)c(C2CCN(C)CC2)c2c1C(=O)/C(=C/c1ccccc1F)O2. The van der Waals surface area contributed by atoms with Crippen LogP contribution in [0, 0.1) is 5.82 Å². The van der Waals surface area contributed by atoms with E-state index in [0.717, 1.165) is 31.5 Å². The lowest BCUT2D eigenvalue weighted by Gasteiger charge is -2.30. The highest BCUT2D eigenvalue weighted by Crippen LogP contribution is 2.50. The molecule has 0 saturated carbocycles. The monoisotopic (exact) mass is 397 g/mol. The molecule has 0 N–H and O–H groups in total. The van der Waals surface area contributed by atoms with Crippen LogP contribution < -0.4 is 14.2 Å². The molecule has 1 fully saturated rings. The van der Waals surface area contributed by atoms with Crippen LogP contribution in [-0.2, 0) is 0 Å². The number of rotatable bonds is 4. The van der Waals surface area contributed by atoms with E-state index in [9.17, 15) is 9.18 Å². The number of carbonyl (C=O) groups excluding carboxylic acids is 1. The molecule has 2 aliphatic heterocycles. The number of hydrogen-bond acceptors (Lipinski definition) is 5. The molecule has 0 radical (unpaired) electrons. The van der Waals surface area contributed by atoms with Crippen molar-refractivity contribution < 1.29 is 23.4 Å². The predicted molar refractivity (Wildman–Crippen MR) is 108 cm³/mol. The van der Waals surface area contributed by atoms with Gasteiger partial charge >= 0.3 is 0 Å². The molecule has 0 bridgehead atoms. The van der Waals surface area contributed by atoms with Crippen molar-refractivity contribution >= 4 is 11.9 Å². The topological polar surface area (TPSA) is 48.0 Å². The van der Waals surface area contributed by atoms with Gasteiger partial charge in [-0.1, -0.05) is 18.2 Å². The minimum Gasteiger partial charge on any atom is -0.496 e. The van der Waals surface area contributed by atoms with Crippen molar-refractivity contribution in [1.29, 1.82) is 0 Å². The Morgan fingerprint density at radius 3 is 2.48 bits per heavy atom. The number of ketones is 1. The summed E-state index contributed by atoms with van der Waals surface area (Å²) in [7, 11) is 5.21. The van der Waals surface area contributed by atoms with Crippen LogP contribution in [0.25, 0.3) is 6.08 Å². The summed E-state index contributed by atoms with van der Waals surface area (Å²) in [4.78, 5) is 15.4. The van der Waals surface area contributed by atoms with E-state index in [-0.39, 0.29) is 17.5 Å². The van der Waals surface area contributed by atoms with Gasteiger partial charge in [0.1, 0.15) is 28.6 Å². The van der Waals surface area contributed by atoms with Crippen molar-refractivity contribution in [2.45, 2.75) is 18.8 Å². The van der Waals surface area contributed by atoms with E-state index in [1.165, 1.54) is 19.3 Å². The summed E-state index contributed by atoms with van der Waals surface area (Å²) in [5, 5.41) is 0. The Bertz CT molecular complexity index is 977. The standard InChI is InChI=1S/C23H24FNO4/c1-25-10-8-14(9-11-25)20-17(27-2)13-18(28-3)21-22(26)19(29-23(20)21)12-15-6-4-5-7-16(15)24/h4-7,12-14H,8-11H2,1-3H3/b19-12-. The Morgan fingerprint density at radius 1 is 1.14 bits per heavy atom. The Kier molecular flexibility index (Phi) is 5.28. The lowest BCUT2D eigenvalue weighted by molar-refractivity contribution is 0.101.